The van der Waals surface area contributed by atoms with Gasteiger partial charge in [0, 0.05) is 17.7 Å². The molecule has 0 radical (unpaired) electrons. The number of fused-ring (bicyclic) bond motifs is 1. The third-order valence-corrected chi connectivity index (χ3v) is 4.39. The molecule has 116 valence electrons. The molecule has 0 aliphatic carbocycles. The molecular weight excluding hydrogens is 312 g/mol. The Balaban J connectivity index is 1.95. The summed E-state index contributed by atoms with van der Waals surface area (Å²) in [7, 11) is 1.64. The highest BCUT2D eigenvalue weighted by Crippen LogP contribution is 2.28. The number of non-ortho nitro benzene ring substituents is 1. The van der Waals surface area contributed by atoms with Crippen molar-refractivity contribution in [3.05, 3.63) is 62.6 Å². The van der Waals surface area contributed by atoms with Gasteiger partial charge in [0.25, 0.3) is 5.69 Å². The van der Waals surface area contributed by atoms with Gasteiger partial charge in [-0.3, -0.25) is 10.1 Å². The van der Waals surface area contributed by atoms with Crippen LogP contribution in [0.25, 0.3) is 22.4 Å². The summed E-state index contributed by atoms with van der Waals surface area (Å²) in [5.74, 6) is 0.795. The van der Waals surface area contributed by atoms with E-state index in [4.69, 9.17) is 4.74 Å². The largest absolute Gasteiger partial charge is 0.496 e. The van der Waals surface area contributed by atoms with Crippen LogP contribution in [0.2, 0.25) is 0 Å². The molecule has 0 aliphatic rings. The predicted octanol–water partition coefficient (Wildman–Crippen LogP) is 4.69. The van der Waals surface area contributed by atoms with Crippen LogP contribution in [0.3, 0.4) is 0 Å². The molecule has 0 atom stereocenters. The van der Waals surface area contributed by atoms with E-state index in [0.29, 0.717) is 5.52 Å². The zero-order chi connectivity index (χ0) is 16.4. The Labute approximate surface area is 137 Å². The van der Waals surface area contributed by atoms with E-state index < -0.39 is 4.92 Å². The van der Waals surface area contributed by atoms with E-state index in [9.17, 15) is 10.1 Å². The molecule has 0 saturated heterocycles. The molecule has 0 amide bonds. The number of ether oxygens (including phenoxy) is 1. The lowest BCUT2D eigenvalue weighted by atomic mass is 10.1. The fourth-order valence-corrected chi connectivity index (χ4v) is 3.11. The van der Waals surface area contributed by atoms with Gasteiger partial charge in [0.15, 0.2) is 0 Å². The molecule has 3 rings (SSSR count). The first-order valence-electron chi connectivity index (χ1n) is 6.94. The van der Waals surface area contributed by atoms with Gasteiger partial charge in [-0.25, -0.2) is 4.98 Å². The Morgan fingerprint density at radius 1 is 1.22 bits per heavy atom. The zero-order valence-corrected chi connectivity index (χ0v) is 13.5. The van der Waals surface area contributed by atoms with Crippen molar-refractivity contribution < 1.29 is 9.66 Å². The number of benzene rings is 2. The first kappa shape index (κ1) is 15.2. The molecule has 0 bridgehead atoms. The molecular formula is C17H14N2O3S. The van der Waals surface area contributed by atoms with Crippen LogP contribution in [0.4, 0.5) is 5.69 Å². The molecule has 23 heavy (non-hydrogen) atoms. The van der Waals surface area contributed by atoms with Crippen LogP contribution in [0.5, 0.6) is 5.75 Å². The quantitative estimate of drug-likeness (QED) is 0.515. The SMILES string of the molecule is COc1ccc(C)cc1/C=C/c1nc2cc([N+](=O)[O-])ccc2s1. The number of aromatic nitrogens is 1. The summed E-state index contributed by atoms with van der Waals surface area (Å²) >= 11 is 1.49. The number of nitrogens with zero attached hydrogens (tertiary/aromatic N) is 2. The monoisotopic (exact) mass is 326 g/mol. The highest BCUT2D eigenvalue weighted by molar-refractivity contribution is 7.19. The maximum Gasteiger partial charge on any atom is 0.271 e. The van der Waals surface area contributed by atoms with Gasteiger partial charge in [0.2, 0.25) is 0 Å². The van der Waals surface area contributed by atoms with Gasteiger partial charge in [-0.2, -0.15) is 0 Å². The van der Waals surface area contributed by atoms with Crippen molar-refractivity contribution in [3.8, 4) is 5.75 Å². The number of nitro benzene ring substituents is 1. The molecule has 2 aromatic carbocycles. The normalized spacial score (nSPS) is 11.2. The van der Waals surface area contributed by atoms with Crippen molar-refractivity contribution in [2.45, 2.75) is 6.92 Å². The predicted molar refractivity (Wildman–Crippen MR) is 92.9 cm³/mol. The Morgan fingerprint density at radius 3 is 2.78 bits per heavy atom. The first-order chi connectivity index (χ1) is 11.1. The second-order valence-corrected chi connectivity index (χ2v) is 6.10. The number of methoxy groups -OCH3 is 1. The van der Waals surface area contributed by atoms with E-state index in [1.165, 1.54) is 23.5 Å². The summed E-state index contributed by atoms with van der Waals surface area (Å²) in [6, 6.07) is 10.7. The second kappa shape index (κ2) is 6.18. The van der Waals surface area contributed by atoms with Crippen LogP contribution in [-0.4, -0.2) is 17.0 Å². The Kier molecular flexibility index (Phi) is 4.08. The maximum atomic E-state index is 10.8. The van der Waals surface area contributed by atoms with Crippen molar-refractivity contribution >= 4 is 39.4 Å². The van der Waals surface area contributed by atoms with Crippen molar-refractivity contribution in [1.29, 1.82) is 0 Å². The third-order valence-electron chi connectivity index (χ3n) is 3.39. The summed E-state index contributed by atoms with van der Waals surface area (Å²) in [6.07, 6.45) is 3.84. The molecule has 0 fully saturated rings. The van der Waals surface area contributed by atoms with Gasteiger partial charge in [-0.1, -0.05) is 11.6 Å². The molecule has 6 heteroatoms. The highest BCUT2D eigenvalue weighted by atomic mass is 32.1. The van der Waals surface area contributed by atoms with Crippen LogP contribution in [0.15, 0.2) is 36.4 Å². The molecule has 0 N–H and O–H groups in total. The Morgan fingerprint density at radius 2 is 2.04 bits per heavy atom. The molecule has 0 aliphatic heterocycles. The molecule has 3 aromatic rings. The fraction of sp³-hybridized carbons (Fsp3) is 0.118. The van der Waals surface area contributed by atoms with Crippen molar-refractivity contribution in [2.75, 3.05) is 7.11 Å². The lowest BCUT2D eigenvalue weighted by Gasteiger charge is -2.05. The van der Waals surface area contributed by atoms with Gasteiger partial charge in [0.05, 0.1) is 22.2 Å². The van der Waals surface area contributed by atoms with E-state index in [1.54, 1.807) is 13.2 Å². The average Bonchev–Trinajstić information content (AvgIpc) is 2.94. The average molecular weight is 326 g/mol. The van der Waals surface area contributed by atoms with Crippen LogP contribution in [0.1, 0.15) is 16.1 Å². The Hall–Kier alpha value is -2.73. The Bertz CT molecular complexity index is 915. The van der Waals surface area contributed by atoms with Crippen molar-refractivity contribution in [1.82, 2.24) is 4.98 Å². The van der Waals surface area contributed by atoms with E-state index in [1.807, 2.05) is 37.3 Å². The lowest BCUT2D eigenvalue weighted by molar-refractivity contribution is -0.384. The van der Waals surface area contributed by atoms with Gasteiger partial charge in [-0.05, 0) is 37.3 Å². The summed E-state index contributed by atoms with van der Waals surface area (Å²) < 4.78 is 6.27. The summed E-state index contributed by atoms with van der Waals surface area (Å²) in [5.41, 5.74) is 2.81. The number of aryl methyl sites for hydroxylation is 1. The zero-order valence-electron chi connectivity index (χ0n) is 12.6. The molecule has 0 spiro atoms. The number of hydrogen-bond acceptors (Lipinski definition) is 5. The van der Waals surface area contributed by atoms with Crippen molar-refractivity contribution in [3.63, 3.8) is 0 Å². The fourth-order valence-electron chi connectivity index (χ4n) is 2.26. The maximum absolute atomic E-state index is 10.8. The van der Waals surface area contributed by atoms with E-state index >= 15 is 0 Å². The van der Waals surface area contributed by atoms with E-state index in [2.05, 4.69) is 4.98 Å². The smallest absolute Gasteiger partial charge is 0.271 e. The topological polar surface area (TPSA) is 65.3 Å². The number of hydrogen-bond donors (Lipinski definition) is 0. The van der Waals surface area contributed by atoms with Crippen LogP contribution in [-0.2, 0) is 0 Å². The van der Waals surface area contributed by atoms with Gasteiger partial charge < -0.3 is 4.74 Å². The van der Waals surface area contributed by atoms with Gasteiger partial charge in [0.1, 0.15) is 10.8 Å². The molecule has 1 heterocycles. The molecule has 0 unspecified atom stereocenters. The molecule has 0 saturated carbocycles. The van der Waals surface area contributed by atoms with Gasteiger partial charge >= 0.3 is 0 Å². The first-order valence-corrected chi connectivity index (χ1v) is 7.76. The summed E-state index contributed by atoms with van der Waals surface area (Å²) in [6.45, 7) is 2.02. The van der Waals surface area contributed by atoms with Crippen LogP contribution in [0, 0.1) is 17.0 Å². The van der Waals surface area contributed by atoms with E-state index in [-0.39, 0.29) is 5.69 Å². The van der Waals surface area contributed by atoms with Crippen LogP contribution >= 0.6 is 11.3 Å². The second-order valence-electron chi connectivity index (χ2n) is 5.04. The standard InChI is InChI=1S/C17H14N2O3S/c1-11-3-6-15(22-2)12(9-11)4-8-17-18-14-10-13(19(20)21)5-7-16(14)23-17/h3-10H,1-2H3/b8-4+. The minimum absolute atomic E-state index is 0.0543. The summed E-state index contributed by atoms with van der Waals surface area (Å²) in [5, 5.41) is 11.6. The molecule has 5 nitrogen and oxygen atoms in total. The highest BCUT2D eigenvalue weighted by Gasteiger charge is 2.09. The van der Waals surface area contributed by atoms with Gasteiger partial charge in [-0.15, -0.1) is 11.3 Å². The summed E-state index contributed by atoms with van der Waals surface area (Å²) in [4.78, 5) is 14.8. The molecule has 1 aromatic heterocycles. The van der Waals surface area contributed by atoms with E-state index in [0.717, 1.165) is 26.6 Å². The number of thiazole rings is 1. The van der Waals surface area contributed by atoms with Crippen LogP contribution < -0.4 is 4.74 Å². The van der Waals surface area contributed by atoms with Crippen molar-refractivity contribution in [2.24, 2.45) is 0 Å². The minimum Gasteiger partial charge on any atom is -0.496 e. The third kappa shape index (κ3) is 3.22. The number of nitro groups is 1. The number of rotatable bonds is 4. The lowest BCUT2D eigenvalue weighted by Crippen LogP contribution is -1.87. The minimum atomic E-state index is -0.411.